The highest BCUT2D eigenvalue weighted by molar-refractivity contribution is 5.59. The quantitative estimate of drug-likeness (QED) is 0.884. The number of anilines is 1. The van der Waals surface area contributed by atoms with Crippen LogP contribution in [0.5, 0.6) is 11.5 Å². The van der Waals surface area contributed by atoms with E-state index in [9.17, 15) is 0 Å². The lowest BCUT2D eigenvalue weighted by Crippen LogP contribution is -2.08. The maximum Gasteiger partial charge on any atom is 0.141 e. The van der Waals surface area contributed by atoms with E-state index in [1.165, 1.54) is 11.1 Å². The van der Waals surface area contributed by atoms with Crippen molar-refractivity contribution in [3.8, 4) is 11.5 Å². The Morgan fingerprint density at radius 2 is 1.80 bits per heavy atom. The lowest BCUT2D eigenvalue weighted by Gasteiger charge is -2.19. The number of hydrogen-bond acceptors (Lipinski definition) is 3. The summed E-state index contributed by atoms with van der Waals surface area (Å²) in [6.07, 6.45) is 0. The summed E-state index contributed by atoms with van der Waals surface area (Å²) in [4.78, 5) is 0. The number of ether oxygens (including phenoxy) is 2. The zero-order chi connectivity index (χ0) is 14.5. The molecule has 0 amide bonds. The maximum absolute atomic E-state index is 5.39. The second-order valence-electron chi connectivity index (χ2n) is 4.85. The molecule has 2 rings (SSSR count). The molecule has 0 spiro atoms. The largest absolute Gasteiger partial charge is 0.497 e. The molecule has 20 heavy (non-hydrogen) atoms. The van der Waals surface area contributed by atoms with Crippen LogP contribution in [0, 0.1) is 6.92 Å². The second-order valence-corrected chi connectivity index (χ2v) is 4.85. The van der Waals surface area contributed by atoms with Crippen LogP contribution < -0.4 is 14.8 Å². The molecule has 0 bridgehead atoms. The van der Waals surface area contributed by atoms with Gasteiger partial charge in [0.25, 0.3) is 0 Å². The lowest BCUT2D eigenvalue weighted by atomic mass is 10.1. The second kappa shape index (κ2) is 6.33. The van der Waals surface area contributed by atoms with Crippen molar-refractivity contribution in [2.24, 2.45) is 0 Å². The van der Waals surface area contributed by atoms with Gasteiger partial charge in [0.05, 0.1) is 19.9 Å². The van der Waals surface area contributed by atoms with Crippen molar-refractivity contribution in [2.45, 2.75) is 19.9 Å². The molecule has 3 heteroatoms. The van der Waals surface area contributed by atoms with Gasteiger partial charge in [-0.1, -0.05) is 18.2 Å². The highest BCUT2D eigenvalue weighted by Crippen LogP contribution is 2.29. The molecular formula is C17H21NO2. The van der Waals surface area contributed by atoms with Crippen molar-refractivity contribution >= 4 is 5.69 Å². The Labute approximate surface area is 120 Å². The molecule has 1 unspecified atom stereocenters. The molecule has 0 saturated heterocycles. The third kappa shape index (κ3) is 3.23. The van der Waals surface area contributed by atoms with Crippen molar-refractivity contribution in [2.75, 3.05) is 19.5 Å². The van der Waals surface area contributed by atoms with Gasteiger partial charge in [-0.2, -0.15) is 0 Å². The average Bonchev–Trinajstić information content (AvgIpc) is 2.47. The zero-order valence-corrected chi connectivity index (χ0v) is 12.4. The van der Waals surface area contributed by atoms with Crippen molar-refractivity contribution < 1.29 is 9.47 Å². The van der Waals surface area contributed by atoms with E-state index in [0.29, 0.717) is 0 Å². The third-order valence-corrected chi connectivity index (χ3v) is 3.32. The Bertz CT molecular complexity index is 581. The van der Waals surface area contributed by atoms with Crippen LogP contribution in [0.4, 0.5) is 5.69 Å². The Balaban J connectivity index is 2.22. The summed E-state index contributed by atoms with van der Waals surface area (Å²) in [7, 11) is 3.37. The Hall–Kier alpha value is -2.16. The van der Waals surface area contributed by atoms with E-state index in [4.69, 9.17) is 9.47 Å². The van der Waals surface area contributed by atoms with Crippen LogP contribution >= 0.6 is 0 Å². The summed E-state index contributed by atoms with van der Waals surface area (Å²) >= 11 is 0. The molecule has 0 saturated carbocycles. The van der Waals surface area contributed by atoms with E-state index in [1.54, 1.807) is 14.2 Å². The summed E-state index contributed by atoms with van der Waals surface area (Å²) in [5.41, 5.74) is 3.38. The van der Waals surface area contributed by atoms with Crippen molar-refractivity contribution in [1.29, 1.82) is 0 Å². The predicted molar refractivity (Wildman–Crippen MR) is 82.8 cm³/mol. The van der Waals surface area contributed by atoms with Crippen LogP contribution in [-0.2, 0) is 0 Å². The summed E-state index contributed by atoms with van der Waals surface area (Å²) in [6.45, 7) is 4.19. The number of nitrogens with one attached hydrogen (secondary N) is 1. The number of methoxy groups -OCH3 is 2. The molecule has 1 N–H and O–H groups in total. The number of benzene rings is 2. The van der Waals surface area contributed by atoms with E-state index in [2.05, 4.69) is 31.3 Å². The minimum absolute atomic E-state index is 0.167. The molecule has 0 aliphatic carbocycles. The molecule has 106 valence electrons. The molecule has 3 nitrogen and oxygen atoms in total. The predicted octanol–water partition coefficient (Wildman–Crippen LogP) is 4.19. The highest BCUT2D eigenvalue weighted by atomic mass is 16.5. The van der Waals surface area contributed by atoms with Gasteiger partial charge in [-0.3, -0.25) is 0 Å². The van der Waals surface area contributed by atoms with Crippen molar-refractivity contribution in [3.63, 3.8) is 0 Å². The molecule has 0 aliphatic heterocycles. The van der Waals surface area contributed by atoms with E-state index >= 15 is 0 Å². The monoisotopic (exact) mass is 271 g/mol. The van der Waals surface area contributed by atoms with Gasteiger partial charge in [0.15, 0.2) is 0 Å². The average molecular weight is 271 g/mol. The van der Waals surface area contributed by atoms with Gasteiger partial charge in [-0.05, 0) is 49.2 Å². The fraction of sp³-hybridized carbons (Fsp3) is 0.294. The van der Waals surface area contributed by atoms with Gasteiger partial charge in [0, 0.05) is 6.04 Å². The topological polar surface area (TPSA) is 30.5 Å². The van der Waals surface area contributed by atoms with Crippen molar-refractivity contribution in [1.82, 2.24) is 0 Å². The molecule has 2 aromatic carbocycles. The molecule has 0 aliphatic rings. The summed E-state index contributed by atoms with van der Waals surface area (Å²) in [5, 5.41) is 3.49. The summed E-state index contributed by atoms with van der Waals surface area (Å²) < 4.78 is 10.7. The Kier molecular flexibility index (Phi) is 4.51. The van der Waals surface area contributed by atoms with Gasteiger partial charge in [-0.15, -0.1) is 0 Å². The summed E-state index contributed by atoms with van der Waals surface area (Å²) in [6, 6.07) is 14.4. The number of aryl methyl sites for hydroxylation is 1. The van der Waals surface area contributed by atoms with E-state index in [0.717, 1.165) is 17.2 Å². The van der Waals surface area contributed by atoms with E-state index < -0.39 is 0 Å². The zero-order valence-electron chi connectivity index (χ0n) is 12.4. The summed E-state index contributed by atoms with van der Waals surface area (Å²) in [5.74, 6) is 1.72. The highest BCUT2D eigenvalue weighted by Gasteiger charge is 2.10. The van der Waals surface area contributed by atoms with Crippen molar-refractivity contribution in [3.05, 3.63) is 53.6 Å². The van der Waals surface area contributed by atoms with Gasteiger partial charge in [0.2, 0.25) is 0 Å². The molecule has 1 atom stereocenters. The van der Waals surface area contributed by atoms with Crippen LogP contribution in [0.2, 0.25) is 0 Å². The first kappa shape index (κ1) is 14.3. The Morgan fingerprint density at radius 3 is 2.50 bits per heavy atom. The minimum atomic E-state index is 0.167. The first-order valence-electron chi connectivity index (χ1n) is 6.69. The third-order valence-electron chi connectivity index (χ3n) is 3.32. The molecule has 2 aromatic rings. The smallest absolute Gasteiger partial charge is 0.141 e. The normalized spacial score (nSPS) is 11.8. The fourth-order valence-electron chi connectivity index (χ4n) is 2.16. The van der Waals surface area contributed by atoms with Crippen LogP contribution in [0.25, 0.3) is 0 Å². The fourth-order valence-corrected chi connectivity index (χ4v) is 2.16. The molecule has 0 aromatic heterocycles. The van der Waals surface area contributed by atoms with E-state index in [1.807, 2.05) is 30.3 Å². The molecule has 0 fully saturated rings. The molecular weight excluding hydrogens is 250 g/mol. The minimum Gasteiger partial charge on any atom is -0.497 e. The first-order valence-corrected chi connectivity index (χ1v) is 6.69. The maximum atomic E-state index is 5.39. The SMILES string of the molecule is COc1cccc(C(C)Nc2cc(C)ccc2OC)c1. The van der Waals surface area contributed by atoms with Gasteiger partial charge >= 0.3 is 0 Å². The standard InChI is InChI=1S/C17H21NO2/c1-12-8-9-17(20-4)16(10-12)18-13(2)14-6-5-7-15(11-14)19-3/h5-11,13,18H,1-4H3. The molecule has 0 heterocycles. The lowest BCUT2D eigenvalue weighted by molar-refractivity contribution is 0.413. The van der Waals surface area contributed by atoms with Gasteiger partial charge in [0.1, 0.15) is 11.5 Å². The first-order chi connectivity index (χ1) is 9.63. The van der Waals surface area contributed by atoms with Gasteiger partial charge < -0.3 is 14.8 Å². The van der Waals surface area contributed by atoms with Gasteiger partial charge in [-0.25, -0.2) is 0 Å². The van der Waals surface area contributed by atoms with Crippen LogP contribution in [0.1, 0.15) is 24.1 Å². The van der Waals surface area contributed by atoms with Crippen LogP contribution in [0.3, 0.4) is 0 Å². The number of hydrogen-bond donors (Lipinski definition) is 1. The van der Waals surface area contributed by atoms with E-state index in [-0.39, 0.29) is 6.04 Å². The Morgan fingerprint density at radius 1 is 1.00 bits per heavy atom. The van der Waals surface area contributed by atoms with Crippen LogP contribution in [-0.4, -0.2) is 14.2 Å². The van der Waals surface area contributed by atoms with Crippen LogP contribution in [0.15, 0.2) is 42.5 Å². The number of rotatable bonds is 5. The molecule has 0 radical (unpaired) electrons.